The van der Waals surface area contributed by atoms with Crippen molar-refractivity contribution in [3.63, 3.8) is 0 Å². The van der Waals surface area contributed by atoms with Gasteiger partial charge in [-0.1, -0.05) is 29.5 Å². The van der Waals surface area contributed by atoms with E-state index < -0.39 is 11.7 Å². The molecule has 0 aliphatic carbocycles. The molecule has 9 heteroatoms. The number of halogens is 3. The van der Waals surface area contributed by atoms with E-state index in [1.54, 1.807) is 36.4 Å². The molecule has 0 saturated heterocycles. The molecule has 164 valence electrons. The van der Waals surface area contributed by atoms with Crippen molar-refractivity contribution in [3.8, 4) is 28.9 Å². The lowest BCUT2D eigenvalue weighted by molar-refractivity contribution is -0.137. The number of benzene rings is 3. The number of H-pyrrole nitrogens is 1. The molecule has 0 aliphatic heterocycles. The second-order valence-corrected chi connectivity index (χ2v) is 7.88. The number of hydrogen-bond acceptors (Lipinski definition) is 5. The third kappa shape index (κ3) is 5.30. The van der Waals surface area contributed by atoms with Gasteiger partial charge in [-0.3, -0.25) is 9.78 Å². The van der Waals surface area contributed by atoms with Crippen LogP contribution in [0, 0.1) is 0 Å². The van der Waals surface area contributed by atoms with Crippen LogP contribution < -0.4 is 14.3 Å². The van der Waals surface area contributed by atoms with Crippen LogP contribution in [0.15, 0.2) is 77.6 Å². The SMILES string of the molecule is O=c1[nH]c(O)c(Cc2ccc(Oc3cccc(Oc4ccc(C(F)(F)F)cc4)c3)cc2)s1. The van der Waals surface area contributed by atoms with Gasteiger partial charge in [0.1, 0.15) is 23.0 Å². The van der Waals surface area contributed by atoms with Gasteiger partial charge < -0.3 is 14.6 Å². The lowest BCUT2D eigenvalue weighted by Gasteiger charge is -2.11. The largest absolute Gasteiger partial charge is 0.494 e. The number of thiazole rings is 1. The van der Waals surface area contributed by atoms with Crippen LogP contribution in [0.5, 0.6) is 28.9 Å². The fraction of sp³-hybridized carbons (Fsp3) is 0.0870. The van der Waals surface area contributed by atoms with Gasteiger partial charge in [0.15, 0.2) is 0 Å². The van der Waals surface area contributed by atoms with Gasteiger partial charge in [-0.15, -0.1) is 0 Å². The van der Waals surface area contributed by atoms with Crippen molar-refractivity contribution in [2.75, 3.05) is 0 Å². The number of alkyl halides is 3. The van der Waals surface area contributed by atoms with Crippen LogP contribution in [0.3, 0.4) is 0 Å². The predicted molar refractivity (Wildman–Crippen MR) is 114 cm³/mol. The van der Waals surface area contributed by atoms with E-state index >= 15 is 0 Å². The molecule has 3 aromatic carbocycles. The van der Waals surface area contributed by atoms with Crippen LogP contribution >= 0.6 is 11.3 Å². The highest BCUT2D eigenvalue weighted by Gasteiger charge is 2.30. The monoisotopic (exact) mass is 459 g/mol. The first-order chi connectivity index (χ1) is 15.3. The molecule has 0 atom stereocenters. The second-order valence-electron chi connectivity index (χ2n) is 6.81. The molecule has 0 saturated carbocycles. The van der Waals surface area contributed by atoms with Crippen LogP contribution in [-0.2, 0) is 12.6 Å². The van der Waals surface area contributed by atoms with E-state index in [9.17, 15) is 23.1 Å². The molecule has 5 nitrogen and oxygen atoms in total. The van der Waals surface area contributed by atoms with Crippen LogP contribution in [-0.4, -0.2) is 10.1 Å². The first-order valence-corrected chi connectivity index (χ1v) is 10.2. The zero-order valence-corrected chi connectivity index (χ0v) is 17.2. The minimum absolute atomic E-state index is 0.120. The Kier molecular flexibility index (Phi) is 5.91. The van der Waals surface area contributed by atoms with E-state index in [1.807, 2.05) is 12.1 Å². The van der Waals surface area contributed by atoms with Crippen molar-refractivity contribution >= 4 is 11.3 Å². The summed E-state index contributed by atoms with van der Waals surface area (Å²) in [6.45, 7) is 0. The molecule has 0 radical (unpaired) electrons. The molecule has 0 aliphatic rings. The average Bonchev–Trinajstić information content (AvgIpc) is 3.06. The van der Waals surface area contributed by atoms with Crippen LogP contribution in [0.4, 0.5) is 13.2 Å². The van der Waals surface area contributed by atoms with Gasteiger partial charge in [0.2, 0.25) is 5.88 Å². The summed E-state index contributed by atoms with van der Waals surface area (Å²) in [6, 6.07) is 18.3. The molecular formula is C23H16F3NO4S. The topological polar surface area (TPSA) is 71.6 Å². The maximum atomic E-state index is 12.7. The minimum Gasteiger partial charge on any atom is -0.494 e. The molecule has 4 aromatic rings. The molecule has 1 heterocycles. The van der Waals surface area contributed by atoms with Crippen molar-refractivity contribution in [2.45, 2.75) is 12.6 Å². The van der Waals surface area contributed by atoms with E-state index in [-0.39, 0.29) is 16.5 Å². The number of hydrogen-bond donors (Lipinski definition) is 2. The summed E-state index contributed by atoms with van der Waals surface area (Å²) in [6.07, 6.45) is -3.99. The van der Waals surface area contributed by atoms with Gasteiger partial charge in [0.05, 0.1) is 10.4 Å². The number of aromatic amines is 1. The maximum absolute atomic E-state index is 12.7. The Balaban J connectivity index is 1.41. The molecule has 0 spiro atoms. The van der Waals surface area contributed by atoms with Crippen molar-refractivity contribution in [3.05, 3.63) is 98.5 Å². The molecule has 0 fully saturated rings. The van der Waals surface area contributed by atoms with Gasteiger partial charge in [-0.05, 0) is 54.1 Å². The third-order valence-electron chi connectivity index (χ3n) is 4.45. The Morgan fingerprint density at radius 3 is 1.91 bits per heavy atom. The third-order valence-corrected chi connectivity index (χ3v) is 5.32. The zero-order chi connectivity index (χ0) is 22.7. The van der Waals surface area contributed by atoms with Gasteiger partial charge in [0, 0.05) is 12.5 Å². The molecule has 4 rings (SSSR count). The molecule has 2 N–H and O–H groups in total. The fourth-order valence-electron chi connectivity index (χ4n) is 2.92. The van der Waals surface area contributed by atoms with Gasteiger partial charge in [-0.2, -0.15) is 13.2 Å². The number of nitrogens with one attached hydrogen (secondary N) is 1. The zero-order valence-electron chi connectivity index (χ0n) is 16.3. The van der Waals surface area contributed by atoms with Crippen molar-refractivity contribution in [2.24, 2.45) is 0 Å². The fourth-order valence-corrected chi connectivity index (χ4v) is 3.68. The summed E-state index contributed by atoms with van der Waals surface area (Å²) >= 11 is 0.958. The van der Waals surface area contributed by atoms with E-state index in [0.717, 1.165) is 29.0 Å². The highest BCUT2D eigenvalue weighted by molar-refractivity contribution is 7.09. The second kappa shape index (κ2) is 8.80. The lowest BCUT2D eigenvalue weighted by Crippen LogP contribution is -2.03. The van der Waals surface area contributed by atoms with Crippen molar-refractivity contribution in [1.82, 2.24) is 4.98 Å². The molecule has 1 aromatic heterocycles. The first-order valence-electron chi connectivity index (χ1n) is 9.39. The number of ether oxygens (including phenoxy) is 2. The highest BCUT2D eigenvalue weighted by atomic mass is 32.1. The van der Waals surface area contributed by atoms with Gasteiger partial charge in [-0.25, -0.2) is 0 Å². The summed E-state index contributed by atoms with van der Waals surface area (Å²) in [5.74, 6) is 1.62. The maximum Gasteiger partial charge on any atom is 0.416 e. The van der Waals surface area contributed by atoms with Crippen molar-refractivity contribution < 1.29 is 27.8 Å². The van der Waals surface area contributed by atoms with E-state index in [0.29, 0.717) is 28.5 Å². The number of aromatic hydroxyl groups is 1. The normalized spacial score (nSPS) is 11.3. The summed E-state index contributed by atoms with van der Waals surface area (Å²) < 4.78 is 49.5. The predicted octanol–water partition coefficient (Wildman–Crippen LogP) is 6.34. The lowest BCUT2D eigenvalue weighted by atomic mass is 10.1. The Morgan fingerprint density at radius 1 is 0.844 bits per heavy atom. The Bertz CT molecular complexity index is 1260. The first kappa shape index (κ1) is 21.5. The van der Waals surface area contributed by atoms with Gasteiger partial charge in [0.25, 0.3) is 0 Å². The van der Waals surface area contributed by atoms with Crippen molar-refractivity contribution in [1.29, 1.82) is 0 Å². The number of aromatic nitrogens is 1. The standard InChI is InChI=1S/C23H16F3NO4S/c24-23(25,26)15-6-10-17(11-7-15)31-19-3-1-2-18(13-19)30-16-8-4-14(5-9-16)12-20-21(28)27-22(29)32-20/h1-11,13,28H,12H2,(H,27,29). The minimum atomic E-state index is -4.40. The molecule has 0 amide bonds. The molecule has 0 bridgehead atoms. The molecule has 0 unspecified atom stereocenters. The number of rotatable bonds is 6. The van der Waals surface area contributed by atoms with E-state index in [2.05, 4.69) is 4.98 Å². The van der Waals surface area contributed by atoms with Crippen LogP contribution in [0.1, 0.15) is 16.0 Å². The van der Waals surface area contributed by atoms with E-state index in [4.69, 9.17) is 9.47 Å². The summed E-state index contributed by atoms with van der Waals surface area (Å²) in [5.41, 5.74) is 0.147. The summed E-state index contributed by atoms with van der Waals surface area (Å²) in [4.78, 5) is 13.9. The van der Waals surface area contributed by atoms with Gasteiger partial charge >= 0.3 is 11.0 Å². The highest BCUT2D eigenvalue weighted by Crippen LogP contribution is 2.33. The molecule has 32 heavy (non-hydrogen) atoms. The Hall–Kier alpha value is -3.72. The van der Waals surface area contributed by atoms with Crippen LogP contribution in [0.2, 0.25) is 0 Å². The summed E-state index contributed by atoms with van der Waals surface area (Å²) in [5, 5.41) is 9.69. The molecular weight excluding hydrogens is 443 g/mol. The quantitative estimate of drug-likeness (QED) is 0.353. The Labute approximate surface area is 184 Å². The summed E-state index contributed by atoms with van der Waals surface area (Å²) in [7, 11) is 0. The smallest absolute Gasteiger partial charge is 0.416 e. The van der Waals surface area contributed by atoms with Crippen LogP contribution in [0.25, 0.3) is 0 Å². The Morgan fingerprint density at radius 2 is 1.41 bits per heavy atom. The average molecular weight is 459 g/mol. The van der Waals surface area contributed by atoms with E-state index in [1.165, 1.54) is 12.1 Å².